The molecule has 4 fully saturated rings. The van der Waals surface area contributed by atoms with Gasteiger partial charge in [0, 0.05) is 23.6 Å². The maximum absolute atomic E-state index is 13.5. The van der Waals surface area contributed by atoms with E-state index in [4.69, 9.17) is 0 Å². The molecule has 656 valence electrons. The van der Waals surface area contributed by atoms with Crippen molar-refractivity contribution in [2.24, 2.45) is 23.7 Å². The third kappa shape index (κ3) is 19.9. The number of aromatic amines is 1. The highest BCUT2D eigenvalue weighted by Gasteiger charge is 2.51. The number of amides is 16. The number of nitrogens with one attached hydrogen (secondary N) is 1. The summed E-state index contributed by atoms with van der Waals surface area (Å²) in [5.74, 6) is -7.63. The van der Waals surface area contributed by atoms with Gasteiger partial charge in [0.2, 0.25) is 47.3 Å². The number of carbonyl (C=O) groups is 12. The average Bonchev–Trinajstić information content (AvgIpc) is 1.29. The summed E-state index contributed by atoms with van der Waals surface area (Å²) in [5, 5.41) is 7.39. The molecule has 0 spiro atoms. The number of urea groups is 4. The molecule has 20 rings (SSSR count). The van der Waals surface area contributed by atoms with Gasteiger partial charge in [0.15, 0.2) is 0 Å². The quantitative estimate of drug-likeness (QED) is 0.0623. The van der Waals surface area contributed by atoms with Gasteiger partial charge in [0.25, 0.3) is 0 Å². The van der Waals surface area contributed by atoms with Crippen molar-refractivity contribution in [3.8, 4) is 0 Å². The number of imide groups is 8. The predicted octanol–water partition coefficient (Wildman–Crippen LogP) is 20.1. The summed E-state index contributed by atoms with van der Waals surface area (Å²) in [4.78, 5) is 174. The number of H-pyrrole nitrogens is 1. The standard InChI is InChI=1S/2C29H24N2O3.C28H22N2O3.C26H21N3O3/c32-27-26(20-22-15-16-23-11-7-8-12-24(23)19-22)28(33)31(25-13-5-2-6-14-25)29(34)30(27)18-17-21-9-3-1-4-10-21;32-27-26(18-23-15-16-24-13-7-8-14-25(24)17-23)28(33)31(20-22-11-5-2-6-12-22)29(34)30(27)19-21-9-3-1-4-10-21;31-26-25(18-21-15-16-22-11-7-8-12-23(22)17-21)27(32)30(24-13-5-2-6-14-24)28(33)29(26)19-20-9-3-1-4-10-20;30-24-22(15-19-16-27-23-14-8-7-13-21(19)23)25(31)29(20-11-5-2-6-12-20)26(32)28(24)17-18-9-3-1-4-10-18/h1-16,19,26H,17-18,20H2;1-17,26H,18-20H2;1-17,25H,18-19H2;1-14,16,22,27H,15,17H2. The van der Waals surface area contributed by atoms with Crippen molar-refractivity contribution >= 4 is 132 Å². The van der Waals surface area contributed by atoms with Crippen LogP contribution in [0.25, 0.3) is 43.2 Å². The van der Waals surface area contributed by atoms with Crippen LogP contribution < -0.4 is 14.7 Å². The summed E-state index contributed by atoms with van der Waals surface area (Å²) in [5.41, 5.74) is 10.2. The van der Waals surface area contributed by atoms with Crippen molar-refractivity contribution in [2.75, 3.05) is 21.2 Å². The molecule has 5 heterocycles. The first-order chi connectivity index (χ1) is 65.0. The molecule has 3 unspecified atom stereocenters. The normalized spacial score (nSPS) is 16.1. The molecule has 0 aliphatic carbocycles. The smallest absolute Gasteiger partial charge is 0.338 e. The molecule has 4 aliphatic rings. The molecule has 0 radical (unpaired) electrons. The molecule has 1 aromatic heterocycles. The van der Waals surface area contributed by atoms with E-state index in [1.807, 2.05) is 328 Å². The fraction of sp³-hybridized carbons (Fsp3) is 0.125. The Morgan fingerprint density at radius 2 is 0.466 bits per heavy atom. The first kappa shape index (κ1) is 88.1. The second-order valence-electron chi connectivity index (χ2n) is 33.0. The van der Waals surface area contributed by atoms with Crippen LogP contribution in [0.15, 0.2) is 401 Å². The number of para-hydroxylation sites is 4. The van der Waals surface area contributed by atoms with Crippen LogP contribution in [-0.2, 0) is 96.6 Å². The van der Waals surface area contributed by atoms with Gasteiger partial charge in [-0.1, -0.05) is 352 Å². The molecule has 0 saturated carbocycles. The van der Waals surface area contributed by atoms with Crippen molar-refractivity contribution in [2.45, 2.75) is 58.3 Å². The summed E-state index contributed by atoms with van der Waals surface area (Å²) < 4.78 is 0. The molecule has 15 aromatic carbocycles. The number of hydrogen-bond acceptors (Lipinski definition) is 12. The Morgan fingerprint density at radius 1 is 0.211 bits per heavy atom. The number of carbonyl (C=O) groups excluding carboxylic acids is 12. The monoisotopic (exact) mass is 1750 g/mol. The maximum atomic E-state index is 13.5. The van der Waals surface area contributed by atoms with E-state index in [0.717, 1.165) is 108 Å². The number of benzene rings is 15. The molecule has 0 bridgehead atoms. The summed E-state index contributed by atoms with van der Waals surface area (Å²) in [6.45, 7) is 0.700. The molecule has 21 heteroatoms. The number of rotatable bonds is 22. The van der Waals surface area contributed by atoms with Crippen LogP contribution in [0.1, 0.15) is 50.1 Å². The second-order valence-corrected chi connectivity index (χ2v) is 33.0. The van der Waals surface area contributed by atoms with Crippen molar-refractivity contribution < 1.29 is 57.5 Å². The first-order valence-electron chi connectivity index (χ1n) is 44.0. The Balaban J connectivity index is 0.000000124. The second kappa shape index (κ2) is 40.6. The molecule has 4 saturated heterocycles. The van der Waals surface area contributed by atoms with Gasteiger partial charge >= 0.3 is 24.1 Å². The van der Waals surface area contributed by atoms with Gasteiger partial charge in [-0.3, -0.25) is 62.9 Å². The molecular formula is C112H91N9O12. The first-order valence-corrected chi connectivity index (χ1v) is 44.0. The van der Waals surface area contributed by atoms with Crippen LogP contribution in [0.2, 0.25) is 0 Å². The Hall–Kier alpha value is -16.9. The van der Waals surface area contributed by atoms with Crippen LogP contribution in [0.5, 0.6) is 0 Å². The van der Waals surface area contributed by atoms with Crippen LogP contribution >= 0.6 is 0 Å². The number of anilines is 3. The minimum atomic E-state index is -0.990. The Morgan fingerprint density at radius 3 is 0.805 bits per heavy atom. The van der Waals surface area contributed by atoms with E-state index in [0.29, 0.717) is 23.5 Å². The molecule has 16 amide bonds. The van der Waals surface area contributed by atoms with E-state index in [1.165, 1.54) is 24.5 Å². The number of hydrogen-bond donors (Lipinski definition) is 1. The molecule has 133 heavy (non-hydrogen) atoms. The molecule has 1 N–H and O–H groups in total. The number of fused-ring (bicyclic) bond motifs is 4. The largest absolute Gasteiger partial charge is 0.361 e. The van der Waals surface area contributed by atoms with Gasteiger partial charge in [0.05, 0.1) is 43.2 Å². The number of nitrogens with zero attached hydrogens (tertiary/aromatic N) is 8. The third-order valence-corrected chi connectivity index (χ3v) is 24.2. The van der Waals surface area contributed by atoms with E-state index < -0.39 is 95.1 Å². The zero-order valence-electron chi connectivity index (χ0n) is 72.5. The molecule has 21 nitrogen and oxygen atoms in total. The highest BCUT2D eigenvalue weighted by molar-refractivity contribution is 6.30. The average molecular weight is 1760 g/mol. The zero-order chi connectivity index (χ0) is 91.9. The fourth-order valence-corrected chi connectivity index (χ4v) is 17.3. The van der Waals surface area contributed by atoms with Crippen molar-refractivity contribution in [1.29, 1.82) is 0 Å². The lowest BCUT2D eigenvalue weighted by atomic mass is 9.93. The SMILES string of the molecule is O=C1C(Cc2c[nH]c3ccccc23)C(=O)N(c2ccccc2)C(=O)N1Cc1ccccc1.O=C1C(Cc2ccc3ccccc3c2)C(=O)N(Cc2ccccc2)C(=O)N1Cc1ccccc1.O=C1C(Cc2ccc3ccccc3c2)C(=O)N(c2ccccc2)C(=O)N1CCc1ccccc1.O=C1C(Cc2ccc3ccccc3c2)C(=O)N(c2ccccc2)C(=O)N1Cc1ccccc1. The summed E-state index contributed by atoms with van der Waals surface area (Å²) >= 11 is 0. The predicted molar refractivity (Wildman–Crippen MR) is 512 cm³/mol. The fourth-order valence-electron chi connectivity index (χ4n) is 17.3. The lowest BCUT2D eigenvalue weighted by molar-refractivity contribution is -0.150. The van der Waals surface area contributed by atoms with Gasteiger partial charge in [-0.15, -0.1) is 0 Å². The molecule has 16 aromatic rings. The van der Waals surface area contributed by atoms with E-state index in [1.54, 1.807) is 72.8 Å². The topological polar surface area (TPSA) is 247 Å². The lowest BCUT2D eigenvalue weighted by Crippen LogP contribution is -2.60. The molecule has 4 aliphatic heterocycles. The summed E-state index contributed by atoms with van der Waals surface area (Å²) in [6.07, 6.45) is 3.27. The van der Waals surface area contributed by atoms with Crippen LogP contribution in [0, 0.1) is 23.7 Å². The van der Waals surface area contributed by atoms with Gasteiger partial charge in [0.1, 0.15) is 23.7 Å². The van der Waals surface area contributed by atoms with Crippen molar-refractivity contribution in [3.63, 3.8) is 0 Å². The minimum Gasteiger partial charge on any atom is -0.361 e. The van der Waals surface area contributed by atoms with Crippen molar-refractivity contribution in [3.05, 3.63) is 451 Å². The third-order valence-electron chi connectivity index (χ3n) is 24.2. The Bertz CT molecular complexity index is 6950. The van der Waals surface area contributed by atoms with E-state index in [2.05, 4.69) is 4.98 Å². The number of aromatic nitrogens is 1. The van der Waals surface area contributed by atoms with Gasteiger partial charge in [-0.05, 0) is 157 Å². The lowest BCUT2D eigenvalue weighted by Gasteiger charge is -2.37. The van der Waals surface area contributed by atoms with E-state index in [-0.39, 0.29) is 58.4 Å². The van der Waals surface area contributed by atoms with Gasteiger partial charge in [-0.25, -0.2) is 33.9 Å². The van der Waals surface area contributed by atoms with Crippen molar-refractivity contribution in [1.82, 2.24) is 29.5 Å². The molecular weight excluding hydrogens is 1660 g/mol. The maximum Gasteiger partial charge on any atom is 0.338 e. The van der Waals surface area contributed by atoms with E-state index in [9.17, 15) is 57.5 Å². The minimum absolute atomic E-state index is 0.111. The Kier molecular flexibility index (Phi) is 26.9. The van der Waals surface area contributed by atoms with Crippen LogP contribution in [0.3, 0.4) is 0 Å². The van der Waals surface area contributed by atoms with Gasteiger partial charge < -0.3 is 4.98 Å². The highest BCUT2D eigenvalue weighted by atomic mass is 16.2. The van der Waals surface area contributed by atoms with Crippen LogP contribution in [-0.4, -0.2) is 107 Å². The highest BCUT2D eigenvalue weighted by Crippen LogP contribution is 2.36. The Labute approximate surface area is 767 Å². The molecule has 3 atom stereocenters. The zero-order valence-corrected chi connectivity index (χ0v) is 72.5. The van der Waals surface area contributed by atoms with Gasteiger partial charge in [-0.2, -0.15) is 0 Å². The summed E-state index contributed by atoms with van der Waals surface area (Å²) in [6, 6.07) is 121. The summed E-state index contributed by atoms with van der Waals surface area (Å²) in [7, 11) is 0. The van der Waals surface area contributed by atoms with Crippen LogP contribution in [0.4, 0.5) is 36.2 Å². The number of barbiturate groups is 4. The van der Waals surface area contributed by atoms with E-state index >= 15 is 0 Å².